The number of carboxylic acid groups (broad SMARTS) is 1. The summed E-state index contributed by atoms with van der Waals surface area (Å²) in [7, 11) is 1.81. The molecule has 0 saturated carbocycles. The van der Waals surface area contributed by atoms with Crippen LogP contribution < -0.4 is 5.32 Å². The topological polar surface area (TPSA) is 67.2 Å². The van der Waals surface area contributed by atoms with Crippen molar-refractivity contribution in [2.45, 2.75) is 12.5 Å². The van der Waals surface area contributed by atoms with Crippen LogP contribution in [0.1, 0.15) is 17.4 Å². The van der Waals surface area contributed by atoms with Crippen molar-refractivity contribution in [2.24, 2.45) is 7.05 Å². The molecule has 2 rings (SSSR count). The molecule has 1 aliphatic rings. The monoisotopic (exact) mass is 181 g/mol. The molecule has 5 nitrogen and oxygen atoms in total. The van der Waals surface area contributed by atoms with E-state index in [1.165, 1.54) is 0 Å². The van der Waals surface area contributed by atoms with Gasteiger partial charge in [-0.15, -0.1) is 0 Å². The van der Waals surface area contributed by atoms with E-state index in [9.17, 15) is 4.79 Å². The van der Waals surface area contributed by atoms with Gasteiger partial charge in [-0.1, -0.05) is 0 Å². The van der Waals surface area contributed by atoms with Crippen LogP contribution in [0.4, 0.5) is 0 Å². The Balaban J connectivity index is 2.46. The van der Waals surface area contributed by atoms with Gasteiger partial charge in [-0.3, -0.25) is 10.1 Å². The molecule has 0 spiro atoms. The third-order valence-electron chi connectivity index (χ3n) is 2.29. The lowest BCUT2D eigenvalue weighted by molar-refractivity contribution is -0.140. The fourth-order valence-corrected chi connectivity index (χ4v) is 1.69. The van der Waals surface area contributed by atoms with Crippen LogP contribution in [0.15, 0.2) is 6.33 Å². The maximum Gasteiger partial charge on any atom is 0.326 e. The highest BCUT2D eigenvalue weighted by Gasteiger charge is 2.28. The summed E-state index contributed by atoms with van der Waals surface area (Å²) in [6.45, 7) is 0.682. The summed E-state index contributed by atoms with van der Waals surface area (Å²) in [5, 5.41) is 11.9. The lowest BCUT2D eigenvalue weighted by Gasteiger charge is -2.20. The van der Waals surface area contributed by atoms with Gasteiger partial charge < -0.3 is 9.67 Å². The quantitative estimate of drug-likeness (QED) is 0.623. The van der Waals surface area contributed by atoms with Gasteiger partial charge in [-0.05, 0) is 0 Å². The highest BCUT2D eigenvalue weighted by molar-refractivity contribution is 5.75. The maximum atomic E-state index is 10.9. The van der Waals surface area contributed by atoms with Crippen molar-refractivity contribution in [1.29, 1.82) is 0 Å². The number of imidazole rings is 1. The Kier molecular flexibility index (Phi) is 1.81. The van der Waals surface area contributed by atoms with Gasteiger partial charge in [0, 0.05) is 20.0 Å². The van der Waals surface area contributed by atoms with Gasteiger partial charge in [0.15, 0.2) is 0 Å². The molecule has 1 unspecified atom stereocenters. The SMILES string of the molecule is Cn1cnc2c1C(C(=O)O)NCC2. The number of aromatic nitrogens is 2. The van der Waals surface area contributed by atoms with Crippen molar-refractivity contribution < 1.29 is 9.90 Å². The number of nitrogens with one attached hydrogen (secondary N) is 1. The highest BCUT2D eigenvalue weighted by atomic mass is 16.4. The van der Waals surface area contributed by atoms with E-state index in [4.69, 9.17) is 5.11 Å². The van der Waals surface area contributed by atoms with Crippen molar-refractivity contribution in [2.75, 3.05) is 6.54 Å². The second-order valence-corrected chi connectivity index (χ2v) is 3.16. The van der Waals surface area contributed by atoms with Crippen molar-refractivity contribution in [3.63, 3.8) is 0 Å². The van der Waals surface area contributed by atoms with Gasteiger partial charge in [0.25, 0.3) is 0 Å². The lowest BCUT2D eigenvalue weighted by Crippen LogP contribution is -2.36. The third-order valence-corrected chi connectivity index (χ3v) is 2.29. The normalized spacial score (nSPS) is 21.2. The molecular formula is C8H11N3O2. The molecule has 0 fully saturated rings. The molecule has 0 saturated heterocycles. The van der Waals surface area contributed by atoms with Gasteiger partial charge in [0.2, 0.25) is 0 Å². The molecule has 1 aromatic heterocycles. The summed E-state index contributed by atoms with van der Waals surface area (Å²) in [5.41, 5.74) is 1.67. The van der Waals surface area contributed by atoms with Gasteiger partial charge in [-0.2, -0.15) is 0 Å². The zero-order valence-corrected chi connectivity index (χ0v) is 7.32. The van der Waals surface area contributed by atoms with E-state index in [-0.39, 0.29) is 0 Å². The molecular weight excluding hydrogens is 170 g/mol. The molecule has 0 aliphatic carbocycles. The number of carboxylic acids is 1. The largest absolute Gasteiger partial charge is 0.480 e. The first kappa shape index (κ1) is 8.25. The summed E-state index contributed by atoms with van der Waals surface area (Å²) in [4.78, 5) is 15.0. The fraction of sp³-hybridized carbons (Fsp3) is 0.500. The predicted molar refractivity (Wildman–Crippen MR) is 45.3 cm³/mol. The average molecular weight is 181 g/mol. The Hall–Kier alpha value is -1.36. The first-order valence-electron chi connectivity index (χ1n) is 4.16. The number of aryl methyl sites for hydroxylation is 1. The molecule has 1 aliphatic heterocycles. The number of aliphatic carboxylic acids is 1. The number of rotatable bonds is 1. The second-order valence-electron chi connectivity index (χ2n) is 3.16. The Morgan fingerprint density at radius 3 is 3.31 bits per heavy atom. The van der Waals surface area contributed by atoms with E-state index in [1.807, 2.05) is 7.05 Å². The summed E-state index contributed by atoms with van der Waals surface area (Å²) >= 11 is 0. The van der Waals surface area contributed by atoms with Crippen molar-refractivity contribution >= 4 is 5.97 Å². The molecule has 0 radical (unpaired) electrons. The molecule has 70 valence electrons. The van der Waals surface area contributed by atoms with Crippen LogP contribution in [-0.2, 0) is 18.3 Å². The van der Waals surface area contributed by atoms with Gasteiger partial charge >= 0.3 is 5.97 Å². The number of fused-ring (bicyclic) bond motifs is 1. The third kappa shape index (κ3) is 1.21. The molecule has 1 atom stereocenters. The van der Waals surface area contributed by atoms with Gasteiger partial charge in [-0.25, -0.2) is 4.98 Å². The van der Waals surface area contributed by atoms with E-state index >= 15 is 0 Å². The summed E-state index contributed by atoms with van der Waals surface area (Å²) in [6.07, 6.45) is 2.47. The minimum Gasteiger partial charge on any atom is -0.480 e. The number of carbonyl (C=O) groups is 1. The van der Waals surface area contributed by atoms with E-state index in [0.29, 0.717) is 6.54 Å². The van der Waals surface area contributed by atoms with E-state index in [0.717, 1.165) is 17.8 Å². The first-order valence-corrected chi connectivity index (χ1v) is 4.16. The minimum atomic E-state index is -0.843. The fourth-order valence-electron chi connectivity index (χ4n) is 1.69. The highest BCUT2D eigenvalue weighted by Crippen LogP contribution is 2.20. The predicted octanol–water partition coefficient (Wildman–Crippen LogP) is -0.309. The van der Waals surface area contributed by atoms with Crippen LogP contribution in [0.2, 0.25) is 0 Å². The zero-order valence-electron chi connectivity index (χ0n) is 7.32. The van der Waals surface area contributed by atoms with Crippen molar-refractivity contribution in [3.05, 3.63) is 17.7 Å². The first-order chi connectivity index (χ1) is 6.20. The molecule has 0 amide bonds. The molecule has 5 heteroatoms. The minimum absolute atomic E-state index is 0.601. The van der Waals surface area contributed by atoms with Gasteiger partial charge in [0.05, 0.1) is 17.7 Å². The molecule has 1 aromatic rings. The maximum absolute atomic E-state index is 10.9. The molecule has 2 heterocycles. The molecule has 0 bridgehead atoms. The summed E-state index contributed by atoms with van der Waals surface area (Å²) < 4.78 is 1.76. The Morgan fingerprint density at radius 1 is 1.85 bits per heavy atom. The zero-order chi connectivity index (χ0) is 9.42. The lowest BCUT2D eigenvalue weighted by atomic mass is 10.1. The van der Waals surface area contributed by atoms with Crippen LogP contribution in [0.25, 0.3) is 0 Å². The number of nitrogens with zero attached hydrogens (tertiary/aromatic N) is 2. The van der Waals surface area contributed by atoms with Crippen LogP contribution in [-0.4, -0.2) is 27.2 Å². The van der Waals surface area contributed by atoms with E-state index in [2.05, 4.69) is 10.3 Å². The van der Waals surface area contributed by atoms with E-state index < -0.39 is 12.0 Å². The smallest absolute Gasteiger partial charge is 0.326 e. The van der Waals surface area contributed by atoms with Crippen molar-refractivity contribution in [1.82, 2.24) is 14.9 Å². The number of hydrogen-bond acceptors (Lipinski definition) is 3. The second kappa shape index (κ2) is 2.85. The Morgan fingerprint density at radius 2 is 2.62 bits per heavy atom. The molecule has 0 aromatic carbocycles. The van der Waals surface area contributed by atoms with Crippen LogP contribution >= 0.6 is 0 Å². The number of hydrogen-bond donors (Lipinski definition) is 2. The van der Waals surface area contributed by atoms with E-state index in [1.54, 1.807) is 10.9 Å². The van der Waals surface area contributed by atoms with Gasteiger partial charge in [0.1, 0.15) is 6.04 Å². The van der Waals surface area contributed by atoms with Crippen LogP contribution in [0.5, 0.6) is 0 Å². The Labute approximate surface area is 75.4 Å². The molecule has 13 heavy (non-hydrogen) atoms. The average Bonchev–Trinajstić information content (AvgIpc) is 2.48. The summed E-state index contributed by atoms with van der Waals surface area (Å²) in [6, 6.07) is -0.601. The Bertz CT molecular complexity index is 345. The molecule has 2 N–H and O–H groups in total. The van der Waals surface area contributed by atoms with Crippen LogP contribution in [0.3, 0.4) is 0 Å². The van der Waals surface area contributed by atoms with Crippen LogP contribution in [0, 0.1) is 0 Å². The standard InChI is InChI=1S/C8H11N3O2/c1-11-4-10-5-2-3-9-6(7(5)11)8(12)13/h4,6,9H,2-3H2,1H3,(H,12,13). The van der Waals surface area contributed by atoms with Crippen molar-refractivity contribution in [3.8, 4) is 0 Å². The summed E-state index contributed by atoms with van der Waals surface area (Å²) in [5.74, 6) is -0.843.